The molecule has 0 aromatic heterocycles. The maximum atomic E-state index is 9.29. The predicted octanol–water partition coefficient (Wildman–Crippen LogP) is 1.61. The van der Waals surface area contributed by atoms with Gasteiger partial charge in [-0.15, -0.1) is 0 Å². The van der Waals surface area contributed by atoms with Gasteiger partial charge in [0.05, 0.1) is 6.34 Å². The Hall–Kier alpha value is -1.51. The lowest BCUT2D eigenvalue weighted by Gasteiger charge is -2.02. The maximum Gasteiger partial charge on any atom is 0.141 e. The Morgan fingerprint density at radius 1 is 1.33 bits per heavy atom. The van der Waals surface area contributed by atoms with Crippen LogP contribution in [0.4, 0.5) is 5.69 Å². The predicted molar refractivity (Wildman–Crippen MR) is 49.9 cm³/mol. The number of hydrogen-bond acceptors (Lipinski definition) is 2. The Morgan fingerprint density at radius 2 is 2.00 bits per heavy atom. The third-order valence-corrected chi connectivity index (χ3v) is 1.31. The molecule has 0 spiro atoms. The van der Waals surface area contributed by atoms with E-state index in [2.05, 4.69) is 4.99 Å². The molecule has 1 N–H and O–H groups in total. The molecule has 1 rings (SSSR count). The van der Waals surface area contributed by atoms with E-state index in [1.807, 2.05) is 25.1 Å². The minimum Gasteiger partial charge on any atom is -0.506 e. The van der Waals surface area contributed by atoms with Crippen LogP contribution in [0.5, 0.6) is 5.75 Å². The summed E-state index contributed by atoms with van der Waals surface area (Å²) in [5, 5.41) is 9.29. The van der Waals surface area contributed by atoms with Crippen LogP contribution in [-0.4, -0.2) is 30.4 Å². The standard InChI is InChI=1S/C9H12N2O/c1-11(2)7-10-8-5-3-4-6-9(8)12/h3-7,12H,1-2H3. The van der Waals surface area contributed by atoms with Gasteiger partial charge in [0.1, 0.15) is 11.4 Å². The van der Waals surface area contributed by atoms with Crippen LogP contribution in [0.25, 0.3) is 0 Å². The van der Waals surface area contributed by atoms with E-state index in [1.165, 1.54) is 0 Å². The van der Waals surface area contributed by atoms with E-state index >= 15 is 0 Å². The third kappa shape index (κ3) is 2.27. The summed E-state index contributed by atoms with van der Waals surface area (Å²) in [5.41, 5.74) is 0.589. The fraction of sp³-hybridized carbons (Fsp3) is 0.222. The Morgan fingerprint density at radius 3 is 2.58 bits per heavy atom. The number of para-hydroxylation sites is 2. The molecule has 0 saturated carbocycles. The summed E-state index contributed by atoms with van der Waals surface area (Å²) in [5.74, 6) is 0.204. The van der Waals surface area contributed by atoms with E-state index < -0.39 is 0 Å². The van der Waals surface area contributed by atoms with Gasteiger partial charge in [0.25, 0.3) is 0 Å². The van der Waals surface area contributed by atoms with Crippen LogP contribution in [0.2, 0.25) is 0 Å². The Kier molecular flexibility index (Phi) is 2.69. The van der Waals surface area contributed by atoms with Crippen LogP contribution in [-0.2, 0) is 0 Å². The topological polar surface area (TPSA) is 35.8 Å². The van der Waals surface area contributed by atoms with Crippen LogP contribution in [0, 0.1) is 0 Å². The van der Waals surface area contributed by atoms with Gasteiger partial charge in [-0.3, -0.25) is 0 Å². The molecule has 0 amide bonds. The minimum atomic E-state index is 0.204. The molecule has 1 aromatic rings. The SMILES string of the molecule is CN(C)C=Nc1ccccc1O. The first-order valence-electron chi connectivity index (χ1n) is 3.69. The van der Waals surface area contributed by atoms with Crippen molar-refractivity contribution >= 4 is 12.0 Å². The quantitative estimate of drug-likeness (QED) is 0.532. The van der Waals surface area contributed by atoms with Gasteiger partial charge in [-0.2, -0.15) is 0 Å². The van der Waals surface area contributed by atoms with Gasteiger partial charge < -0.3 is 10.0 Å². The average Bonchev–Trinajstić information content (AvgIpc) is 2.03. The van der Waals surface area contributed by atoms with Crippen molar-refractivity contribution in [2.45, 2.75) is 0 Å². The Bertz CT molecular complexity index is 282. The molecule has 0 atom stereocenters. The molecule has 0 fully saturated rings. The van der Waals surface area contributed by atoms with E-state index in [-0.39, 0.29) is 5.75 Å². The number of phenolic OH excluding ortho intramolecular Hbond substituents is 1. The van der Waals surface area contributed by atoms with Crippen molar-refractivity contribution in [3.63, 3.8) is 0 Å². The average molecular weight is 164 g/mol. The van der Waals surface area contributed by atoms with Crippen molar-refractivity contribution in [1.29, 1.82) is 0 Å². The molecule has 0 aliphatic carbocycles. The summed E-state index contributed by atoms with van der Waals surface area (Å²) >= 11 is 0. The molecular weight excluding hydrogens is 152 g/mol. The number of nitrogens with zero attached hydrogens (tertiary/aromatic N) is 2. The zero-order chi connectivity index (χ0) is 8.97. The molecule has 0 unspecified atom stereocenters. The zero-order valence-electron chi connectivity index (χ0n) is 7.23. The molecule has 0 aliphatic heterocycles. The highest BCUT2D eigenvalue weighted by Gasteiger charge is 1.93. The van der Waals surface area contributed by atoms with Crippen molar-refractivity contribution in [2.24, 2.45) is 4.99 Å². The number of rotatable bonds is 2. The first kappa shape index (κ1) is 8.59. The molecule has 0 bridgehead atoms. The Labute approximate surface area is 72.0 Å². The number of aliphatic imine (C=N–C) groups is 1. The van der Waals surface area contributed by atoms with Crippen molar-refractivity contribution in [1.82, 2.24) is 4.90 Å². The van der Waals surface area contributed by atoms with E-state index in [4.69, 9.17) is 0 Å². The summed E-state index contributed by atoms with van der Waals surface area (Å²) in [4.78, 5) is 5.87. The Balaban J connectivity index is 2.82. The van der Waals surface area contributed by atoms with Crippen molar-refractivity contribution in [3.05, 3.63) is 24.3 Å². The normalized spacial score (nSPS) is 10.5. The number of aromatic hydroxyl groups is 1. The van der Waals surface area contributed by atoms with Crippen molar-refractivity contribution < 1.29 is 5.11 Å². The van der Waals surface area contributed by atoms with Crippen LogP contribution < -0.4 is 0 Å². The van der Waals surface area contributed by atoms with Gasteiger partial charge in [-0.25, -0.2) is 4.99 Å². The van der Waals surface area contributed by atoms with Crippen LogP contribution >= 0.6 is 0 Å². The van der Waals surface area contributed by atoms with E-state index in [9.17, 15) is 5.11 Å². The molecule has 64 valence electrons. The van der Waals surface area contributed by atoms with Gasteiger partial charge in [0, 0.05) is 14.1 Å². The molecule has 3 nitrogen and oxygen atoms in total. The number of benzene rings is 1. The van der Waals surface area contributed by atoms with Gasteiger partial charge in [0.2, 0.25) is 0 Å². The van der Waals surface area contributed by atoms with Gasteiger partial charge in [0.15, 0.2) is 0 Å². The maximum absolute atomic E-state index is 9.29. The lowest BCUT2D eigenvalue weighted by molar-refractivity contribution is 0.476. The van der Waals surface area contributed by atoms with Crippen LogP contribution in [0.15, 0.2) is 29.3 Å². The molecular formula is C9H12N2O. The molecule has 3 heteroatoms. The molecule has 1 aromatic carbocycles. The van der Waals surface area contributed by atoms with E-state index in [1.54, 1.807) is 24.5 Å². The van der Waals surface area contributed by atoms with E-state index in [0.29, 0.717) is 5.69 Å². The highest BCUT2D eigenvalue weighted by molar-refractivity contribution is 5.64. The largest absolute Gasteiger partial charge is 0.506 e. The molecule has 0 radical (unpaired) electrons. The van der Waals surface area contributed by atoms with Crippen LogP contribution in [0.3, 0.4) is 0 Å². The molecule has 12 heavy (non-hydrogen) atoms. The second-order valence-electron chi connectivity index (χ2n) is 2.70. The highest BCUT2D eigenvalue weighted by Crippen LogP contribution is 2.24. The van der Waals surface area contributed by atoms with Crippen molar-refractivity contribution in [3.8, 4) is 5.75 Å². The van der Waals surface area contributed by atoms with Gasteiger partial charge in [-0.1, -0.05) is 12.1 Å². The summed E-state index contributed by atoms with van der Waals surface area (Å²) < 4.78 is 0. The smallest absolute Gasteiger partial charge is 0.141 e. The molecule has 0 aliphatic rings. The highest BCUT2D eigenvalue weighted by atomic mass is 16.3. The zero-order valence-corrected chi connectivity index (χ0v) is 7.23. The first-order chi connectivity index (χ1) is 5.70. The fourth-order valence-electron chi connectivity index (χ4n) is 0.751. The monoisotopic (exact) mass is 164 g/mol. The third-order valence-electron chi connectivity index (χ3n) is 1.31. The van der Waals surface area contributed by atoms with Crippen LogP contribution in [0.1, 0.15) is 0 Å². The second kappa shape index (κ2) is 3.76. The van der Waals surface area contributed by atoms with Crippen molar-refractivity contribution in [2.75, 3.05) is 14.1 Å². The summed E-state index contributed by atoms with van der Waals surface area (Å²) in [6.07, 6.45) is 1.65. The lowest BCUT2D eigenvalue weighted by atomic mass is 10.3. The fourth-order valence-corrected chi connectivity index (χ4v) is 0.751. The minimum absolute atomic E-state index is 0.204. The summed E-state index contributed by atoms with van der Waals surface area (Å²) in [7, 11) is 3.76. The molecule has 0 heterocycles. The summed E-state index contributed by atoms with van der Waals surface area (Å²) in [6.45, 7) is 0. The lowest BCUT2D eigenvalue weighted by Crippen LogP contribution is -2.06. The van der Waals surface area contributed by atoms with Gasteiger partial charge >= 0.3 is 0 Å². The number of phenols is 1. The van der Waals surface area contributed by atoms with Gasteiger partial charge in [-0.05, 0) is 12.1 Å². The summed E-state index contributed by atoms with van der Waals surface area (Å²) in [6, 6.07) is 6.98. The number of hydrogen-bond donors (Lipinski definition) is 1. The molecule has 0 saturated heterocycles. The van der Waals surface area contributed by atoms with E-state index in [0.717, 1.165) is 0 Å². The second-order valence-corrected chi connectivity index (χ2v) is 2.70. The first-order valence-corrected chi connectivity index (χ1v) is 3.69.